The Bertz CT molecular complexity index is 205. The molecule has 3 heteroatoms. The zero-order valence-electron chi connectivity index (χ0n) is 6.76. The number of methoxy groups -OCH3 is 1. The first kappa shape index (κ1) is 8.11. The third kappa shape index (κ3) is 1.53. The van der Waals surface area contributed by atoms with Gasteiger partial charge in [-0.25, -0.2) is 0 Å². The van der Waals surface area contributed by atoms with Gasteiger partial charge in [0.2, 0.25) is 5.78 Å². The Hall–Kier alpha value is -0.990. The van der Waals surface area contributed by atoms with Crippen molar-refractivity contribution in [2.75, 3.05) is 7.11 Å². The summed E-state index contributed by atoms with van der Waals surface area (Å²) in [5.41, 5.74) is 0. The maximum Gasteiger partial charge on any atom is 0.201 e. The molecule has 0 saturated carbocycles. The van der Waals surface area contributed by atoms with Crippen LogP contribution >= 0.6 is 0 Å². The number of aliphatic hydroxyl groups is 1. The average molecular weight is 156 g/mol. The summed E-state index contributed by atoms with van der Waals surface area (Å²) in [5.74, 6) is 0.379. The molecule has 1 atom stereocenters. The Morgan fingerprint density at radius 2 is 2.18 bits per heavy atom. The number of Topliss-reactive ketones (excluding diaryl/α,β-unsaturated/α-hetero) is 1. The minimum atomic E-state index is -0.0937. The van der Waals surface area contributed by atoms with Gasteiger partial charge in [-0.1, -0.05) is 6.92 Å². The summed E-state index contributed by atoms with van der Waals surface area (Å²) >= 11 is 0. The fourth-order valence-corrected chi connectivity index (χ4v) is 1.30. The average Bonchev–Trinajstić information content (AvgIpc) is 1.85. The fraction of sp³-hybridized carbons (Fsp3) is 0.625. The van der Waals surface area contributed by atoms with Crippen molar-refractivity contribution < 1.29 is 14.6 Å². The standard InChI is InChI=1S/C8H12O3/c1-5-3-6(9)8(11-2)7(10)4-5/h5,9H,3-4H2,1-2H3. The summed E-state index contributed by atoms with van der Waals surface area (Å²) in [5, 5.41) is 9.24. The number of carbonyl (C=O) groups is 1. The van der Waals surface area contributed by atoms with E-state index in [0.717, 1.165) is 0 Å². The lowest BCUT2D eigenvalue weighted by Gasteiger charge is -2.18. The molecule has 0 aliphatic heterocycles. The van der Waals surface area contributed by atoms with Crippen molar-refractivity contribution >= 4 is 5.78 Å². The topological polar surface area (TPSA) is 46.5 Å². The number of ether oxygens (including phenoxy) is 1. The van der Waals surface area contributed by atoms with E-state index in [2.05, 4.69) is 0 Å². The van der Waals surface area contributed by atoms with Gasteiger partial charge < -0.3 is 9.84 Å². The molecular weight excluding hydrogens is 144 g/mol. The van der Waals surface area contributed by atoms with E-state index < -0.39 is 0 Å². The normalized spacial score (nSPS) is 25.6. The van der Waals surface area contributed by atoms with Crippen LogP contribution in [0.5, 0.6) is 0 Å². The fourth-order valence-electron chi connectivity index (χ4n) is 1.30. The zero-order chi connectivity index (χ0) is 8.43. The molecule has 1 unspecified atom stereocenters. The first-order chi connectivity index (χ1) is 5.15. The number of hydrogen-bond donors (Lipinski definition) is 1. The number of rotatable bonds is 1. The van der Waals surface area contributed by atoms with Gasteiger partial charge in [-0.05, 0) is 5.92 Å². The van der Waals surface area contributed by atoms with Gasteiger partial charge in [0.15, 0.2) is 5.76 Å². The van der Waals surface area contributed by atoms with Crippen molar-refractivity contribution in [2.45, 2.75) is 19.8 Å². The molecular formula is C8H12O3. The minimum absolute atomic E-state index is 0.0937. The molecule has 1 N–H and O–H groups in total. The van der Waals surface area contributed by atoms with E-state index in [1.54, 1.807) is 0 Å². The predicted molar refractivity (Wildman–Crippen MR) is 40.1 cm³/mol. The summed E-state index contributed by atoms with van der Waals surface area (Å²) in [4.78, 5) is 11.1. The van der Waals surface area contributed by atoms with Gasteiger partial charge in [-0.3, -0.25) is 4.79 Å². The number of aliphatic hydroxyl groups excluding tert-OH is 1. The first-order valence-corrected chi connectivity index (χ1v) is 3.64. The molecule has 0 saturated heterocycles. The molecule has 0 aromatic rings. The Balaban J connectivity index is 2.86. The summed E-state index contributed by atoms with van der Waals surface area (Å²) < 4.78 is 4.74. The maximum absolute atomic E-state index is 11.1. The summed E-state index contributed by atoms with van der Waals surface area (Å²) in [6.45, 7) is 1.93. The Kier molecular flexibility index (Phi) is 2.17. The van der Waals surface area contributed by atoms with Crippen molar-refractivity contribution in [1.29, 1.82) is 0 Å². The highest BCUT2D eigenvalue weighted by atomic mass is 16.5. The second kappa shape index (κ2) is 2.95. The van der Waals surface area contributed by atoms with Gasteiger partial charge >= 0.3 is 0 Å². The molecule has 11 heavy (non-hydrogen) atoms. The summed E-state index contributed by atoms with van der Waals surface area (Å²) in [7, 11) is 1.40. The van der Waals surface area contributed by atoms with Crippen LogP contribution in [0, 0.1) is 5.92 Å². The number of allylic oxidation sites excluding steroid dienone is 2. The van der Waals surface area contributed by atoms with Crippen molar-refractivity contribution in [3.63, 3.8) is 0 Å². The van der Waals surface area contributed by atoms with Crippen LogP contribution in [0.25, 0.3) is 0 Å². The highest BCUT2D eigenvalue weighted by Gasteiger charge is 2.25. The molecule has 1 aliphatic carbocycles. The van der Waals surface area contributed by atoms with Crippen molar-refractivity contribution in [1.82, 2.24) is 0 Å². The van der Waals surface area contributed by atoms with E-state index >= 15 is 0 Å². The molecule has 3 nitrogen and oxygen atoms in total. The molecule has 1 rings (SSSR count). The van der Waals surface area contributed by atoms with Gasteiger partial charge in [0.1, 0.15) is 5.76 Å². The molecule has 0 bridgehead atoms. The lowest BCUT2D eigenvalue weighted by Crippen LogP contribution is -2.18. The van der Waals surface area contributed by atoms with Gasteiger partial charge in [-0.2, -0.15) is 0 Å². The van der Waals surface area contributed by atoms with Crippen molar-refractivity contribution in [3.8, 4) is 0 Å². The van der Waals surface area contributed by atoms with Crippen LogP contribution in [-0.2, 0) is 9.53 Å². The van der Waals surface area contributed by atoms with E-state index in [9.17, 15) is 9.90 Å². The maximum atomic E-state index is 11.1. The number of ketones is 1. The van der Waals surface area contributed by atoms with Crippen LogP contribution in [0.15, 0.2) is 11.5 Å². The molecule has 0 aromatic heterocycles. The third-order valence-corrected chi connectivity index (χ3v) is 1.80. The first-order valence-electron chi connectivity index (χ1n) is 3.64. The molecule has 62 valence electrons. The molecule has 0 fully saturated rings. The lowest BCUT2D eigenvalue weighted by molar-refractivity contribution is -0.120. The van der Waals surface area contributed by atoms with Crippen LogP contribution in [0.1, 0.15) is 19.8 Å². The predicted octanol–water partition coefficient (Wildman–Crippen LogP) is 1.40. The second-order valence-corrected chi connectivity index (χ2v) is 2.92. The smallest absolute Gasteiger partial charge is 0.201 e. The van der Waals surface area contributed by atoms with Crippen LogP contribution in [0.3, 0.4) is 0 Å². The monoisotopic (exact) mass is 156 g/mol. The highest BCUT2D eigenvalue weighted by Crippen LogP contribution is 2.24. The Labute approximate surface area is 65.7 Å². The largest absolute Gasteiger partial charge is 0.508 e. The zero-order valence-corrected chi connectivity index (χ0v) is 6.76. The molecule has 0 radical (unpaired) electrons. The number of carbonyl (C=O) groups excluding carboxylic acids is 1. The Morgan fingerprint density at radius 3 is 2.64 bits per heavy atom. The van der Waals surface area contributed by atoms with Gasteiger partial charge in [0, 0.05) is 12.8 Å². The van der Waals surface area contributed by atoms with Crippen molar-refractivity contribution in [2.24, 2.45) is 5.92 Å². The second-order valence-electron chi connectivity index (χ2n) is 2.92. The van der Waals surface area contributed by atoms with Crippen LogP contribution in [0.4, 0.5) is 0 Å². The molecule has 0 spiro atoms. The summed E-state index contributed by atoms with van der Waals surface area (Å²) in [6, 6.07) is 0. The molecule has 0 heterocycles. The molecule has 1 aliphatic rings. The van der Waals surface area contributed by atoms with Gasteiger partial charge in [0.05, 0.1) is 7.11 Å². The Morgan fingerprint density at radius 1 is 1.55 bits per heavy atom. The van der Waals surface area contributed by atoms with Gasteiger partial charge in [-0.15, -0.1) is 0 Å². The van der Waals surface area contributed by atoms with Crippen LogP contribution in [-0.4, -0.2) is 18.0 Å². The third-order valence-electron chi connectivity index (χ3n) is 1.80. The SMILES string of the molecule is COC1=C(O)CC(C)CC1=O. The van der Waals surface area contributed by atoms with Crippen molar-refractivity contribution in [3.05, 3.63) is 11.5 Å². The van der Waals surface area contributed by atoms with Gasteiger partial charge in [0.25, 0.3) is 0 Å². The minimum Gasteiger partial charge on any atom is -0.508 e. The summed E-state index contributed by atoms with van der Waals surface area (Å²) in [6.07, 6.45) is 1.03. The van der Waals surface area contributed by atoms with E-state index in [1.807, 2.05) is 6.92 Å². The van der Waals surface area contributed by atoms with Crippen LogP contribution < -0.4 is 0 Å². The molecule has 0 amide bonds. The number of hydrogen-bond acceptors (Lipinski definition) is 3. The van der Waals surface area contributed by atoms with E-state index in [0.29, 0.717) is 12.8 Å². The quantitative estimate of drug-likeness (QED) is 0.624. The van der Waals surface area contributed by atoms with E-state index in [4.69, 9.17) is 4.74 Å². The van der Waals surface area contributed by atoms with Crippen LogP contribution in [0.2, 0.25) is 0 Å². The van der Waals surface area contributed by atoms with E-state index in [1.165, 1.54) is 7.11 Å². The van der Waals surface area contributed by atoms with E-state index in [-0.39, 0.29) is 23.2 Å². The highest BCUT2D eigenvalue weighted by molar-refractivity contribution is 5.94. The lowest BCUT2D eigenvalue weighted by atomic mass is 9.93. The molecule has 0 aromatic carbocycles.